The maximum absolute atomic E-state index is 13.2. The first-order valence-corrected chi connectivity index (χ1v) is 12.7. The SMILES string of the molecule is O=C(CC1(COc2ccc(Cl)cc2)CCCN(C(=O)c2ccc(C(F)(F)F)cc2)C1)N1CCCCC1. The first-order valence-electron chi connectivity index (χ1n) is 12.3. The fourth-order valence-corrected chi connectivity index (χ4v) is 5.15. The van der Waals surface area contributed by atoms with E-state index in [2.05, 4.69) is 0 Å². The number of nitrogens with zero attached hydrogens (tertiary/aromatic N) is 2. The molecular formula is C27H30ClF3N2O3. The lowest BCUT2D eigenvalue weighted by Crippen LogP contribution is -2.51. The molecule has 0 aliphatic carbocycles. The minimum atomic E-state index is -4.46. The van der Waals surface area contributed by atoms with Gasteiger partial charge in [-0.15, -0.1) is 0 Å². The zero-order chi connectivity index (χ0) is 25.8. The van der Waals surface area contributed by atoms with Crippen LogP contribution in [0.25, 0.3) is 0 Å². The average molecular weight is 523 g/mol. The lowest BCUT2D eigenvalue weighted by Gasteiger charge is -2.43. The van der Waals surface area contributed by atoms with Gasteiger partial charge < -0.3 is 14.5 Å². The second-order valence-corrected chi connectivity index (χ2v) is 10.2. The third-order valence-electron chi connectivity index (χ3n) is 7.00. The normalized spacial score (nSPS) is 20.8. The minimum Gasteiger partial charge on any atom is -0.493 e. The summed E-state index contributed by atoms with van der Waals surface area (Å²) in [6.07, 6.45) is 0.245. The molecule has 2 fully saturated rings. The molecular weight excluding hydrogens is 493 g/mol. The molecule has 1 atom stereocenters. The summed E-state index contributed by atoms with van der Waals surface area (Å²) in [6.45, 7) is 2.48. The van der Waals surface area contributed by atoms with E-state index in [0.29, 0.717) is 36.7 Å². The van der Waals surface area contributed by atoms with Gasteiger partial charge in [-0.2, -0.15) is 13.2 Å². The molecule has 0 spiro atoms. The smallest absolute Gasteiger partial charge is 0.416 e. The van der Waals surface area contributed by atoms with Gasteiger partial charge in [0, 0.05) is 48.6 Å². The van der Waals surface area contributed by atoms with Gasteiger partial charge in [-0.25, -0.2) is 0 Å². The van der Waals surface area contributed by atoms with Crippen LogP contribution in [0.2, 0.25) is 5.02 Å². The molecule has 0 bridgehead atoms. The van der Waals surface area contributed by atoms with Crippen molar-refractivity contribution in [2.24, 2.45) is 5.41 Å². The fraction of sp³-hybridized carbons (Fsp3) is 0.481. The summed E-state index contributed by atoms with van der Waals surface area (Å²) in [5.41, 5.74) is -1.20. The van der Waals surface area contributed by atoms with E-state index >= 15 is 0 Å². The first kappa shape index (κ1) is 26.3. The van der Waals surface area contributed by atoms with Gasteiger partial charge in [-0.3, -0.25) is 9.59 Å². The van der Waals surface area contributed by atoms with Gasteiger partial charge in [0.15, 0.2) is 0 Å². The van der Waals surface area contributed by atoms with Crippen molar-refractivity contribution in [2.75, 3.05) is 32.8 Å². The molecule has 9 heteroatoms. The predicted octanol–water partition coefficient (Wildman–Crippen LogP) is 6.06. The molecule has 2 aliphatic rings. The lowest BCUT2D eigenvalue weighted by molar-refractivity contribution is -0.137. The third-order valence-corrected chi connectivity index (χ3v) is 7.25. The number of hydrogen-bond donors (Lipinski definition) is 0. The number of rotatable bonds is 6. The first-order chi connectivity index (χ1) is 17.2. The number of hydrogen-bond acceptors (Lipinski definition) is 3. The Balaban J connectivity index is 1.52. The number of alkyl halides is 3. The zero-order valence-corrected chi connectivity index (χ0v) is 20.8. The molecule has 1 unspecified atom stereocenters. The molecule has 2 aromatic rings. The number of ether oxygens (including phenoxy) is 1. The number of amides is 2. The molecule has 0 aromatic heterocycles. The highest BCUT2D eigenvalue weighted by Crippen LogP contribution is 2.37. The largest absolute Gasteiger partial charge is 0.493 e. The Morgan fingerprint density at radius 2 is 1.53 bits per heavy atom. The number of halogens is 4. The molecule has 0 radical (unpaired) electrons. The van der Waals surface area contributed by atoms with E-state index in [4.69, 9.17) is 16.3 Å². The molecule has 2 heterocycles. The molecule has 0 saturated carbocycles. The predicted molar refractivity (Wildman–Crippen MR) is 131 cm³/mol. The van der Waals surface area contributed by atoms with Gasteiger partial charge in [0.05, 0.1) is 12.2 Å². The van der Waals surface area contributed by atoms with E-state index < -0.39 is 17.2 Å². The number of piperidine rings is 2. The quantitative estimate of drug-likeness (QED) is 0.463. The molecule has 194 valence electrons. The summed E-state index contributed by atoms with van der Waals surface area (Å²) in [5.74, 6) is 0.332. The third kappa shape index (κ3) is 6.52. The summed E-state index contributed by atoms with van der Waals surface area (Å²) in [6, 6.07) is 11.2. The van der Waals surface area contributed by atoms with Gasteiger partial charge in [-0.1, -0.05) is 11.6 Å². The monoisotopic (exact) mass is 522 g/mol. The number of likely N-dealkylation sites (tertiary alicyclic amines) is 2. The Morgan fingerprint density at radius 1 is 0.889 bits per heavy atom. The van der Waals surface area contributed by atoms with E-state index in [1.807, 2.05) is 4.90 Å². The highest BCUT2D eigenvalue weighted by Gasteiger charge is 2.41. The van der Waals surface area contributed by atoms with Gasteiger partial charge in [-0.05, 0) is 80.6 Å². The second-order valence-electron chi connectivity index (χ2n) is 9.77. The molecule has 36 heavy (non-hydrogen) atoms. The number of carbonyl (C=O) groups is 2. The summed E-state index contributed by atoms with van der Waals surface area (Å²) in [7, 11) is 0. The Bertz CT molecular complexity index is 1050. The van der Waals surface area contributed by atoms with Crippen LogP contribution >= 0.6 is 11.6 Å². The van der Waals surface area contributed by atoms with E-state index in [0.717, 1.165) is 44.5 Å². The molecule has 2 amide bonds. The van der Waals surface area contributed by atoms with Crippen molar-refractivity contribution in [3.8, 4) is 5.75 Å². The van der Waals surface area contributed by atoms with Crippen LogP contribution < -0.4 is 4.74 Å². The van der Waals surface area contributed by atoms with E-state index in [9.17, 15) is 22.8 Å². The maximum atomic E-state index is 13.2. The molecule has 5 nitrogen and oxygen atoms in total. The van der Waals surface area contributed by atoms with Gasteiger partial charge in [0.25, 0.3) is 5.91 Å². The van der Waals surface area contributed by atoms with Gasteiger partial charge in [0.1, 0.15) is 5.75 Å². The molecule has 2 aromatic carbocycles. The molecule has 0 N–H and O–H groups in total. The maximum Gasteiger partial charge on any atom is 0.416 e. The van der Waals surface area contributed by atoms with Crippen LogP contribution in [0.5, 0.6) is 5.75 Å². The summed E-state index contributed by atoms with van der Waals surface area (Å²) in [4.78, 5) is 30.0. The Labute approximate surface area is 214 Å². The fourth-order valence-electron chi connectivity index (χ4n) is 5.02. The minimum absolute atomic E-state index is 0.0539. The van der Waals surface area contributed by atoms with Crippen LogP contribution in [0.4, 0.5) is 13.2 Å². The Kier molecular flexibility index (Phi) is 8.13. The Hall–Kier alpha value is -2.74. The van der Waals surface area contributed by atoms with Crippen molar-refractivity contribution in [3.05, 3.63) is 64.7 Å². The van der Waals surface area contributed by atoms with Crippen molar-refractivity contribution >= 4 is 23.4 Å². The standard InChI is InChI=1S/C27H30ClF3N2O3/c28-22-9-11-23(12-10-22)36-19-26(17-24(34)32-14-2-1-3-15-32)13-4-16-33(18-26)25(35)20-5-7-21(8-6-20)27(29,30)31/h5-12H,1-4,13-19H2. The van der Waals surface area contributed by atoms with Crippen LogP contribution in [0, 0.1) is 5.41 Å². The van der Waals surface area contributed by atoms with E-state index in [-0.39, 0.29) is 30.4 Å². The van der Waals surface area contributed by atoms with Crippen LogP contribution in [-0.2, 0) is 11.0 Å². The van der Waals surface area contributed by atoms with Gasteiger partial charge >= 0.3 is 6.18 Å². The van der Waals surface area contributed by atoms with Crippen LogP contribution in [-0.4, -0.2) is 54.4 Å². The molecule has 2 saturated heterocycles. The van der Waals surface area contributed by atoms with Crippen molar-refractivity contribution < 1.29 is 27.5 Å². The summed E-state index contributed by atoms with van der Waals surface area (Å²) in [5, 5.41) is 0.586. The molecule has 4 rings (SSSR count). The number of benzene rings is 2. The summed E-state index contributed by atoms with van der Waals surface area (Å²) >= 11 is 5.98. The van der Waals surface area contributed by atoms with Crippen molar-refractivity contribution in [3.63, 3.8) is 0 Å². The Morgan fingerprint density at radius 3 is 2.17 bits per heavy atom. The van der Waals surface area contributed by atoms with Crippen molar-refractivity contribution in [2.45, 2.75) is 44.7 Å². The summed E-state index contributed by atoms with van der Waals surface area (Å²) < 4.78 is 44.9. The molecule has 2 aliphatic heterocycles. The topological polar surface area (TPSA) is 49.9 Å². The average Bonchev–Trinajstić information content (AvgIpc) is 2.88. The van der Waals surface area contributed by atoms with Gasteiger partial charge in [0.2, 0.25) is 5.91 Å². The lowest BCUT2D eigenvalue weighted by atomic mass is 9.77. The van der Waals surface area contributed by atoms with Crippen molar-refractivity contribution in [1.29, 1.82) is 0 Å². The van der Waals surface area contributed by atoms with E-state index in [1.54, 1.807) is 29.2 Å². The van der Waals surface area contributed by atoms with Crippen LogP contribution in [0.1, 0.15) is 54.4 Å². The number of carbonyl (C=O) groups excluding carboxylic acids is 2. The van der Waals surface area contributed by atoms with Crippen molar-refractivity contribution in [1.82, 2.24) is 9.80 Å². The van der Waals surface area contributed by atoms with E-state index in [1.165, 1.54) is 12.1 Å². The zero-order valence-electron chi connectivity index (χ0n) is 20.0. The van der Waals surface area contributed by atoms with Crippen LogP contribution in [0.3, 0.4) is 0 Å². The second kappa shape index (κ2) is 11.1. The highest BCUT2D eigenvalue weighted by atomic mass is 35.5. The van der Waals surface area contributed by atoms with Crippen LogP contribution in [0.15, 0.2) is 48.5 Å². The highest BCUT2D eigenvalue weighted by molar-refractivity contribution is 6.30.